The number of hydrogen-bond acceptors (Lipinski definition) is 9. The summed E-state index contributed by atoms with van der Waals surface area (Å²) in [6.45, 7) is 1.88. The third kappa shape index (κ3) is 4.41. The summed E-state index contributed by atoms with van der Waals surface area (Å²) < 4.78 is 12.8. The quantitative estimate of drug-likeness (QED) is 0.496. The van der Waals surface area contributed by atoms with E-state index in [2.05, 4.69) is 36.7 Å². The Morgan fingerprint density at radius 1 is 1.23 bits per heavy atom. The van der Waals surface area contributed by atoms with Gasteiger partial charge < -0.3 is 14.5 Å². The molecule has 1 aromatic carbocycles. The van der Waals surface area contributed by atoms with Crippen LogP contribution in [0.1, 0.15) is 18.4 Å². The van der Waals surface area contributed by atoms with Crippen LogP contribution in [-0.2, 0) is 13.5 Å². The number of rotatable bonds is 7. The first kappa shape index (κ1) is 19.1. The van der Waals surface area contributed by atoms with Gasteiger partial charge in [-0.15, -0.1) is 10.2 Å². The molecule has 1 unspecified atom stereocenters. The van der Waals surface area contributed by atoms with Crippen molar-refractivity contribution >= 4 is 11.6 Å². The molecule has 0 radical (unpaired) electrons. The molecule has 3 aromatic heterocycles. The highest BCUT2D eigenvalue weighted by molar-refractivity contribution is 5.66. The Labute approximate surface area is 172 Å². The van der Waals surface area contributed by atoms with Gasteiger partial charge >= 0.3 is 0 Å². The normalized spacial score (nSPS) is 11.6. The summed E-state index contributed by atoms with van der Waals surface area (Å²) in [4.78, 5) is 8.70. The van der Waals surface area contributed by atoms with Gasteiger partial charge in [0.05, 0.1) is 23.9 Å². The van der Waals surface area contributed by atoms with E-state index in [1.54, 1.807) is 35.4 Å². The first-order chi connectivity index (χ1) is 14.6. The van der Waals surface area contributed by atoms with Gasteiger partial charge in [0.15, 0.2) is 0 Å². The van der Waals surface area contributed by atoms with Crippen LogP contribution in [-0.4, -0.2) is 36.0 Å². The molecule has 0 bridgehead atoms. The second-order valence-corrected chi connectivity index (χ2v) is 6.61. The van der Waals surface area contributed by atoms with Crippen LogP contribution < -0.4 is 10.1 Å². The lowest BCUT2D eigenvalue weighted by atomic mass is 10.1. The zero-order chi connectivity index (χ0) is 20.9. The van der Waals surface area contributed by atoms with E-state index in [1.165, 1.54) is 6.39 Å². The highest BCUT2D eigenvalue weighted by Gasteiger charge is 2.14. The average molecular weight is 402 g/mol. The molecular formula is C20H18N8O2. The predicted octanol–water partition coefficient (Wildman–Crippen LogP) is 2.89. The molecule has 0 spiro atoms. The third-order valence-corrected chi connectivity index (χ3v) is 4.24. The monoisotopic (exact) mass is 402 g/mol. The zero-order valence-electron chi connectivity index (χ0n) is 16.4. The van der Waals surface area contributed by atoms with Crippen LogP contribution in [0.15, 0.2) is 53.8 Å². The van der Waals surface area contributed by atoms with Crippen molar-refractivity contribution in [3.8, 4) is 22.9 Å². The molecule has 0 aliphatic carbocycles. The molecule has 1 N–H and O–H groups in total. The van der Waals surface area contributed by atoms with Crippen LogP contribution in [0.5, 0.6) is 5.75 Å². The molecule has 0 fully saturated rings. The Morgan fingerprint density at radius 3 is 2.73 bits per heavy atom. The van der Waals surface area contributed by atoms with E-state index in [1.807, 2.05) is 26.2 Å². The highest BCUT2D eigenvalue weighted by Crippen LogP contribution is 2.28. The summed E-state index contributed by atoms with van der Waals surface area (Å²) in [5, 5.41) is 24.1. The number of benzene rings is 1. The average Bonchev–Trinajstić information content (AvgIpc) is 3.40. The molecule has 1 atom stereocenters. The van der Waals surface area contributed by atoms with E-state index in [9.17, 15) is 5.26 Å². The number of hydrogen-bond donors (Lipinski definition) is 1. The number of nitrogens with one attached hydrogen (secondary N) is 1. The number of anilines is 2. The Hall–Kier alpha value is -4.26. The SMILES string of the molecule is CC(Cc1nnco1)Oc1cc(-c2cnc(Nc3cnn(C)c3)nc2)ccc1C#N. The van der Waals surface area contributed by atoms with Crippen LogP contribution >= 0.6 is 0 Å². The molecular weight excluding hydrogens is 384 g/mol. The van der Waals surface area contributed by atoms with Gasteiger partial charge in [-0.25, -0.2) is 9.97 Å². The summed E-state index contributed by atoms with van der Waals surface area (Å²) in [6, 6.07) is 7.50. The second-order valence-electron chi connectivity index (χ2n) is 6.61. The topological polar surface area (TPSA) is 128 Å². The molecule has 4 aromatic rings. The van der Waals surface area contributed by atoms with Crippen LogP contribution in [0.4, 0.5) is 11.6 Å². The van der Waals surface area contributed by atoms with Crippen molar-refractivity contribution < 1.29 is 9.15 Å². The third-order valence-electron chi connectivity index (χ3n) is 4.24. The van der Waals surface area contributed by atoms with E-state index in [0.717, 1.165) is 16.8 Å². The van der Waals surface area contributed by atoms with Gasteiger partial charge in [0.25, 0.3) is 0 Å². The maximum absolute atomic E-state index is 9.42. The number of nitriles is 1. The maximum Gasteiger partial charge on any atom is 0.227 e. The summed E-state index contributed by atoms with van der Waals surface area (Å²) in [5.41, 5.74) is 2.87. The van der Waals surface area contributed by atoms with Crippen molar-refractivity contribution in [1.82, 2.24) is 29.9 Å². The Morgan fingerprint density at radius 2 is 2.07 bits per heavy atom. The van der Waals surface area contributed by atoms with Gasteiger partial charge in [-0.05, 0) is 24.6 Å². The van der Waals surface area contributed by atoms with Gasteiger partial charge in [0.1, 0.15) is 17.9 Å². The van der Waals surface area contributed by atoms with E-state index in [4.69, 9.17) is 9.15 Å². The van der Waals surface area contributed by atoms with Crippen molar-refractivity contribution in [3.63, 3.8) is 0 Å². The number of nitrogens with zero attached hydrogens (tertiary/aromatic N) is 7. The van der Waals surface area contributed by atoms with Crippen molar-refractivity contribution in [1.29, 1.82) is 5.26 Å². The lowest BCUT2D eigenvalue weighted by Gasteiger charge is -2.15. The van der Waals surface area contributed by atoms with E-state index in [-0.39, 0.29) is 6.10 Å². The predicted molar refractivity (Wildman–Crippen MR) is 107 cm³/mol. The number of aryl methyl sites for hydroxylation is 1. The highest BCUT2D eigenvalue weighted by atomic mass is 16.5. The summed E-state index contributed by atoms with van der Waals surface area (Å²) >= 11 is 0. The lowest BCUT2D eigenvalue weighted by Crippen LogP contribution is -2.16. The Kier molecular flexibility index (Phi) is 5.34. The largest absolute Gasteiger partial charge is 0.489 e. The van der Waals surface area contributed by atoms with Crippen molar-refractivity contribution in [2.24, 2.45) is 7.05 Å². The van der Waals surface area contributed by atoms with Crippen molar-refractivity contribution in [2.45, 2.75) is 19.4 Å². The first-order valence-electron chi connectivity index (χ1n) is 9.14. The van der Waals surface area contributed by atoms with Gasteiger partial charge in [0.2, 0.25) is 18.2 Å². The van der Waals surface area contributed by atoms with E-state index in [0.29, 0.717) is 29.6 Å². The fourth-order valence-corrected chi connectivity index (χ4v) is 2.84. The van der Waals surface area contributed by atoms with Crippen molar-refractivity contribution in [2.75, 3.05) is 5.32 Å². The minimum absolute atomic E-state index is 0.255. The second kappa shape index (κ2) is 8.40. The molecule has 0 aliphatic rings. The molecule has 4 rings (SSSR count). The van der Waals surface area contributed by atoms with Gasteiger partial charge in [-0.3, -0.25) is 4.68 Å². The Bertz CT molecular complexity index is 1160. The fourth-order valence-electron chi connectivity index (χ4n) is 2.84. The Balaban J connectivity index is 1.51. The molecule has 10 nitrogen and oxygen atoms in total. The maximum atomic E-state index is 9.42. The minimum atomic E-state index is -0.255. The van der Waals surface area contributed by atoms with Crippen LogP contribution in [0.3, 0.4) is 0 Å². The lowest BCUT2D eigenvalue weighted by molar-refractivity contribution is 0.210. The summed E-state index contributed by atoms with van der Waals surface area (Å²) in [6.07, 6.45) is 8.39. The smallest absolute Gasteiger partial charge is 0.227 e. The van der Waals surface area contributed by atoms with E-state index >= 15 is 0 Å². The van der Waals surface area contributed by atoms with Crippen LogP contribution in [0, 0.1) is 11.3 Å². The molecule has 0 saturated heterocycles. The first-order valence-corrected chi connectivity index (χ1v) is 9.14. The molecule has 0 saturated carbocycles. The molecule has 10 heteroatoms. The molecule has 0 amide bonds. The van der Waals surface area contributed by atoms with Gasteiger partial charge in [-0.2, -0.15) is 10.4 Å². The van der Waals surface area contributed by atoms with Crippen molar-refractivity contribution in [3.05, 3.63) is 60.8 Å². The van der Waals surface area contributed by atoms with E-state index < -0.39 is 0 Å². The number of ether oxygens (including phenoxy) is 1. The van der Waals surface area contributed by atoms with Gasteiger partial charge in [-0.1, -0.05) is 6.07 Å². The fraction of sp³-hybridized carbons (Fsp3) is 0.200. The number of aromatic nitrogens is 6. The van der Waals surface area contributed by atoms with Crippen LogP contribution in [0.25, 0.3) is 11.1 Å². The molecule has 30 heavy (non-hydrogen) atoms. The molecule has 3 heterocycles. The molecule has 150 valence electrons. The summed E-state index contributed by atoms with van der Waals surface area (Å²) in [7, 11) is 1.84. The van der Waals surface area contributed by atoms with Gasteiger partial charge in [0, 0.05) is 31.2 Å². The standard InChI is InChI=1S/C20H18N8O2/c1-13(5-19-27-24-12-29-19)30-18-6-14(3-4-15(18)7-21)16-8-22-20(23-9-16)26-17-10-25-28(2)11-17/h3-4,6,8-13H,5H2,1-2H3,(H,22,23,26). The zero-order valence-corrected chi connectivity index (χ0v) is 16.4. The summed E-state index contributed by atoms with van der Waals surface area (Å²) in [5.74, 6) is 1.41. The minimum Gasteiger partial charge on any atom is -0.489 e. The molecule has 0 aliphatic heterocycles. The van der Waals surface area contributed by atoms with Crippen LogP contribution in [0.2, 0.25) is 0 Å².